The lowest BCUT2D eigenvalue weighted by Gasteiger charge is -2.50. The quantitative estimate of drug-likeness (QED) is 0.168. The first-order chi connectivity index (χ1) is 17.7. The number of carboxylic acid groups (broad SMARTS) is 1. The molecule has 8 N–H and O–H groups in total. The Hall–Kier alpha value is -4.23. The molecule has 1 saturated carbocycles. The molecule has 2 aromatic carbocycles. The van der Waals surface area contributed by atoms with Crippen molar-refractivity contribution in [2.75, 3.05) is 7.11 Å². The molecule has 202 valence electrons. The molecule has 0 aliphatic heterocycles. The lowest BCUT2D eigenvalue weighted by molar-refractivity contribution is -0.243. The Bertz CT molecular complexity index is 1330. The summed E-state index contributed by atoms with van der Waals surface area (Å²) in [7, 11) is 1.29. The van der Waals surface area contributed by atoms with Crippen LogP contribution in [0.15, 0.2) is 48.6 Å². The van der Waals surface area contributed by atoms with E-state index in [2.05, 4.69) is 0 Å². The largest absolute Gasteiger partial charge is 0.504 e. The lowest BCUT2D eigenvalue weighted by atomic mass is 9.60. The maximum Gasteiger partial charge on any atom is 0.335 e. The number of methoxy groups -OCH3 is 1. The van der Waals surface area contributed by atoms with Crippen LogP contribution in [0.5, 0.6) is 23.0 Å². The van der Waals surface area contributed by atoms with E-state index in [1.54, 1.807) is 0 Å². The van der Waals surface area contributed by atoms with Crippen molar-refractivity contribution in [2.24, 2.45) is 0 Å². The van der Waals surface area contributed by atoms with E-state index in [1.807, 2.05) is 0 Å². The number of ether oxygens (including phenoxy) is 1. The Labute approximate surface area is 215 Å². The first-order valence-electron chi connectivity index (χ1n) is 11.1. The molecule has 0 aromatic heterocycles. The van der Waals surface area contributed by atoms with Gasteiger partial charge in [-0.05, 0) is 47.5 Å². The fraction of sp³-hybridized carbons (Fsp3) is 0.269. The van der Waals surface area contributed by atoms with E-state index < -0.39 is 64.8 Å². The van der Waals surface area contributed by atoms with Crippen LogP contribution in [0.1, 0.15) is 24.0 Å². The standard InChI is InChI=1S/C26H26O12/c1-38-19-11-15(3-7-17(19)28)5-9-21(31)26(37)22(32)12-24(35,23(33)34)13-25(26,36)20(30)8-4-14-2-6-16(27)18(29)10-14/h2-11,22,27-29,32,35-37H,12-13H2,1H3,(H,33,34)/b8-4+,9-5+/t22-,24?,25+,26?/m1/s1. The summed E-state index contributed by atoms with van der Waals surface area (Å²) in [5.41, 5.74) is -9.06. The summed E-state index contributed by atoms with van der Waals surface area (Å²) in [5, 5.41) is 82.1. The van der Waals surface area contributed by atoms with E-state index in [-0.39, 0.29) is 22.6 Å². The molecule has 0 radical (unpaired) electrons. The molecule has 2 aromatic rings. The third-order valence-corrected chi connectivity index (χ3v) is 6.43. The average Bonchev–Trinajstić information content (AvgIpc) is 2.86. The van der Waals surface area contributed by atoms with Crippen LogP contribution in [0.3, 0.4) is 0 Å². The number of hydrogen-bond acceptors (Lipinski definition) is 11. The van der Waals surface area contributed by atoms with Gasteiger partial charge in [0.15, 0.2) is 51.4 Å². The molecule has 3 rings (SSSR count). The van der Waals surface area contributed by atoms with Gasteiger partial charge in [0.1, 0.15) is 0 Å². The van der Waals surface area contributed by atoms with Crippen LogP contribution in [0.4, 0.5) is 0 Å². The summed E-state index contributed by atoms with van der Waals surface area (Å²) >= 11 is 0. The molecule has 0 amide bonds. The van der Waals surface area contributed by atoms with Crippen molar-refractivity contribution in [2.45, 2.75) is 35.7 Å². The molecular formula is C26H26O12. The molecular weight excluding hydrogens is 504 g/mol. The second kappa shape index (κ2) is 10.3. The van der Waals surface area contributed by atoms with Crippen molar-refractivity contribution in [3.63, 3.8) is 0 Å². The van der Waals surface area contributed by atoms with Gasteiger partial charge in [0.25, 0.3) is 0 Å². The number of aliphatic carboxylic acids is 1. The highest BCUT2D eigenvalue weighted by Crippen LogP contribution is 2.45. The minimum absolute atomic E-state index is 0.0552. The van der Waals surface area contributed by atoms with Gasteiger partial charge in [-0.25, -0.2) is 4.79 Å². The number of aliphatic hydroxyl groups excluding tert-OH is 1. The van der Waals surface area contributed by atoms with Gasteiger partial charge >= 0.3 is 5.97 Å². The van der Waals surface area contributed by atoms with Gasteiger partial charge < -0.3 is 45.6 Å². The van der Waals surface area contributed by atoms with Crippen LogP contribution in [0.2, 0.25) is 0 Å². The van der Waals surface area contributed by atoms with Crippen molar-refractivity contribution in [1.29, 1.82) is 0 Å². The molecule has 2 unspecified atom stereocenters. The average molecular weight is 530 g/mol. The number of phenolic OH excluding ortho intramolecular Hbond substituents is 3. The minimum Gasteiger partial charge on any atom is -0.504 e. The maximum absolute atomic E-state index is 13.2. The summed E-state index contributed by atoms with van der Waals surface area (Å²) in [4.78, 5) is 38.0. The Morgan fingerprint density at radius 1 is 0.868 bits per heavy atom. The van der Waals surface area contributed by atoms with Crippen LogP contribution in [0.25, 0.3) is 12.2 Å². The van der Waals surface area contributed by atoms with Crippen LogP contribution >= 0.6 is 0 Å². The second-order valence-electron chi connectivity index (χ2n) is 8.93. The number of aliphatic hydroxyl groups is 4. The highest BCUT2D eigenvalue weighted by molar-refractivity contribution is 6.11. The molecule has 1 aliphatic carbocycles. The first kappa shape index (κ1) is 28.3. The molecule has 1 fully saturated rings. The predicted octanol–water partition coefficient (Wildman–Crippen LogP) is 0.109. The van der Waals surface area contributed by atoms with E-state index in [9.17, 15) is 55.2 Å². The molecule has 12 nitrogen and oxygen atoms in total. The molecule has 4 atom stereocenters. The van der Waals surface area contributed by atoms with Gasteiger partial charge in [-0.3, -0.25) is 9.59 Å². The molecule has 1 aliphatic rings. The van der Waals surface area contributed by atoms with Crippen LogP contribution in [0, 0.1) is 0 Å². The third-order valence-electron chi connectivity index (χ3n) is 6.43. The summed E-state index contributed by atoms with van der Waals surface area (Å²) in [6.07, 6.45) is -1.27. The van der Waals surface area contributed by atoms with E-state index in [4.69, 9.17) is 4.74 Å². The highest BCUT2D eigenvalue weighted by atomic mass is 16.5. The summed E-state index contributed by atoms with van der Waals surface area (Å²) in [6.45, 7) is 0. The zero-order chi connectivity index (χ0) is 28.5. The Balaban J connectivity index is 2.04. The Morgan fingerprint density at radius 3 is 1.97 bits per heavy atom. The number of phenols is 3. The van der Waals surface area contributed by atoms with Gasteiger partial charge in [0.05, 0.1) is 13.2 Å². The van der Waals surface area contributed by atoms with Crippen molar-refractivity contribution in [1.82, 2.24) is 0 Å². The number of carboxylic acids is 1. The van der Waals surface area contributed by atoms with Gasteiger partial charge in [0.2, 0.25) is 0 Å². The van der Waals surface area contributed by atoms with Crippen molar-refractivity contribution < 1.29 is 60.0 Å². The smallest absolute Gasteiger partial charge is 0.335 e. The zero-order valence-electron chi connectivity index (χ0n) is 20.0. The lowest BCUT2D eigenvalue weighted by Crippen LogP contribution is -2.75. The van der Waals surface area contributed by atoms with Gasteiger partial charge in [0, 0.05) is 12.8 Å². The number of ketones is 2. The monoisotopic (exact) mass is 530 g/mol. The van der Waals surface area contributed by atoms with Crippen LogP contribution in [-0.4, -0.2) is 88.4 Å². The number of carbonyl (C=O) groups excluding carboxylic acids is 2. The Kier molecular flexibility index (Phi) is 7.65. The summed E-state index contributed by atoms with van der Waals surface area (Å²) in [6, 6.07) is 7.39. The number of hydrogen-bond donors (Lipinski definition) is 8. The van der Waals surface area contributed by atoms with Crippen LogP contribution < -0.4 is 4.74 Å². The van der Waals surface area contributed by atoms with Crippen molar-refractivity contribution in [3.05, 3.63) is 59.7 Å². The molecule has 12 heteroatoms. The third kappa shape index (κ3) is 4.97. The maximum atomic E-state index is 13.2. The molecule has 0 heterocycles. The molecule has 0 bridgehead atoms. The fourth-order valence-electron chi connectivity index (χ4n) is 4.23. The summed E-state index contributed by atoms with van der Waals surface area (Å²) < 4.78 is 4.97. The fourth-order valence-corrected chi connectivity index (χ4v) is 4.23. The summed E-state index contributed by atoms with van der Waals surface area (Å²) in [5.74, 6) is -5.84. The van der Waals surface area contributed by atoms with E-state index in [1.165, 1.54) is 31.4 Å². The van der Waals surface area contributed by atoms with Gasteiger partial charge in [-0.1, -0.05) is 24.3 Å². The number of benzene rings is 2. The highest BCUT2D eigenvalue weighted by Gasteiger charge is 2.69. The molecule has 38 heavy (non-hydrogen) atoms. The second-order valence-corrected chi connectivity index (χ2v) is 8.93. The van der Waals surface area contributed by atoms with E-state index in [0.717, 1.165) is 30.4 Å². The SMILES string of the molecule is COc1cc(/C=C/C(=O)C2(O)[C@H](O)CC(O)(C(=O)O)C[C@]2(O)C(=O)/C=C/c2ccc(O)c(O)c2)ccc1O. The van der Waals surface area contributed by atoms with Crippen LogP contribution in [-0.2, 0) is 14.4 Å². The minimum atomic E-state index is -3.32. The number of carbonyl (C=O) groups is 3. The topological polar surface area (TPSA) is 222 Å². The van der Waals surface area contributed by atoms with Gasteiger partial charge in [-0.15, -0.1) is 0 Å². The van der Waals surface area contributed by atoms with E-state index >= 15 is 0 Å². The van der Waals surface area contributed by atoms with Crippen molar-refractivity contribution >= 4 is 29.7 Å². The predicted molar refractivity (Wildman–Crippen MR) is 130 cm³/mol. The molecule has 0 saturated heterocycles. The number of aromatic hydroxyl groups is 3. The normalized spacial score (nSPS) is 27.4. The van der Waals surface area contributed by atoms with E-state index in [0.29, 0.717) is 6.08 Å². The zero-order valence-corrected chi connectivity index (χ0v) is 20.0. The first-order valence-corrected chi connectivity index (χ1v) is 11.1. The van der Waals surface area contributed by atoms with Crippen molar-refractivity contribution in [3.8, 4) is 23.0 Å². The van der Waals surface area contributed by atoms with Gasteiger partial charge in [-0.2, -0.15) is 0 Å². The Morgan fingerprint density at radius 2 is 1.42 bits per heavy atom. The molecule has 0 spiro atoms. The number of rotatable bonds is 8.